The molecule has 0 saturated carbocycles. The minimum absolute atomic E-state index is 0.114. The lowest BCUT2D eigenvalue weighted by Crippen LogP contribution is -2.43. The van der Waals surface area contributed by atoms with Gasteiger partial charge in [-0.05, 0) is 24.6 Å². The Balaban J connectivity index is 1.59. The van der Waals surface area contributed by atoms with Crippen LogP contribution in [0.25, 0.3) is 5.57 Å². The quantitative estimate of drug-likeness (QED) is 0.483. The molecule has 8 heteroatoms. The summed E-state index contributed by atoms with van der Waals surface area (Å²) >= 11 is 1.45. The molecule has 7 nitrogen and oxygen atoms in total. The molecule has 1 atom stereocenters. The topological polar surface area (TPSA) is 82.8 Å². The molecule has 0 spiro atoms. The third kappa shape index (κ3) is 3.81. The number of nitrogens with one attached hydrogen (secondary N) is 2. The van der Waals surface area contributed by atoms with Gasteiger partial charge in [0.2, 0.25) is 5.13 Å². The number of furan rings is 1. The summed E-state index contributed by atoms with van der Waals surface area (Å²) in [4.78, 5) is 18.6. The van der Waals surface area contributed by atoms with Crippen molar-refractivity contribution in [3.05, 3.63) is 77.3 Å². The van der Waals surface area contributed by atoms with E-state index in [1.165, 1.54) is 11.3 Å². The van der Waals surface area contributed by atoms with Gasteiger partial charge < -0.3 is 14.6 Å². The molecule has 1 aromatic carbocycles. The first-order valence-electron chi connectivity index (χ1n) is 8.87. The molecule has 1 aliphatic rings. The molecule has 3 aromatic rings. The molecule has 1 aliphatic heterocycles. The number of hydrogen-bond donors (Lipinski definition) is 2. The lowest BCUT2D eigenvalue weighted by Gasteiger charge is -2.31. The molecule has 0 aliphatic carbocycles. The Morgan fingerprint density at radius 2 is 2.18 bits per heavy atom. The molecular formula is C20H19N5O2S. The van der Waals surface area contributed by atoms with Crippen molar-refractivity contribution in [3.63, 3.8) is 0 Å². The Hall–Kier alpha value is -3.39. The lowest BCUT2D eigenvalue weighted by molar-refractivity contribution is 0.212. The summed E-state index contributed by atoms with van der Waals surface area (Å²) < 4.78 is 5.21. The van der Waals surface area contributed by atoms with Crippen molar-refractivity contribution in [1.29, 1.82) is 0 Å². The molecule has 2 aromatic heterocycles. The molecule has 3 heterocycles. The number of carbonyl (C=O) groups excluding carboxylic acids is 1. The van der Waals surface area contributed by atoms with Crippen molar-refractivity contribution in [1.82, 2.24) is 15.2 Å². The molecule has 4 rings (SSSR count). The van der Waals surface area contributed by atoms with E-state index in [-0.39, 0.29) is 12.1 Å². The van der Waals surface area contributed by atoms with Crippen LogP contribution in [0.4, 0.5) is 9.93 Å². The summed E-state index contributed by atoms with van der Waals surface area (Å²) in [6.45, 7) is 2.52. The average Bonchev–Trinajstić information content (AvgIpc) is 3.41. The van der Waals surface area contributed by atoms with Gasteiger partial charge in [-0.3, -0.25) is 5.43 Å². The largest absolute Gasteiger partial charge is 0.463 e. The number of aromatic nitrogens is 1. The van der Waals surface area contributed by atoms with Gasteiger partial charge in [0.05, 0.1) is 24.2 Å². The number of rotatable bonds is 6. The van der Waals surface area contributed by atoms with Crippen LogP contribution in [0, 0.1) is 0 Å². The van der Waals surface area contributed by atoms with E-state index >= 15 is 0 Å². The van der Waals surface area contributed by atoms with Crippen molar-refractivity contribution in [2.45, 2.75) is 13.0 Å². The number of carbonyl (C=O) groups is 1. The van der Waals surface area contributed by atoms with Gasteiger partial charge >= 0.3 is 6.03 Å². The summed E-state index contributed by atoms with van der Waals surface area (Å²) in [5.74, 6) is 0.657. The monoisotopic (exact) mass is 393 g/mol. The van der Waals surface area contributed by atoms with Gasteiger partial charge in [-0.25, -0.2) is 9.78 Å². The second kappa shape index (κ2) is 8.10. The van der Waals surface area contributed by atoms with Crippen LogP contribution in [0.3, 0.4) is 0 Å². The number of amides is 2. The van der Waals surface area contributed by atoms with Crippen LogP contribution >= 0.6 is 11.3 Å². The fourth-order valence-electron chi connectivity index (χ4n) is 2.92. The first-order chi connectivity index (χ1) is 13.7. The fraction of sp³-hybridized carbons (Fsp3) is 0.150. The average molecular weight is 393 g/mol. The summed E-state index contributed by atoms with van der Waals surface area (Å²) in [6.07, 6.45) is 5.06. The van der Waals surface area contributed by atoms with E-state index < -0.39 is 0 Å². The first kappa shape index (κ1) is 18.0. The molecule has 0 fully saturated rings. The van der Waals surface area contributed by atoms with Gasteiger partial charge in [-0.1, -0.05) is 30.3 Å². The summed E-state index contributed by atoms with van der Waals surface area (Å²) in [5, 5.41) is 9.83. The number of thiazole rings is 1. The van der Waals surface area contributed by atoms with E-state index in [2.05, 4.69) is 20.8 Å². The van der Waals surface area contributed by atoms with Gasteiger partial charge in [0.15, 0.2) is 0 Å². The van der Waals surface area contributed by atoms with Crippen LogP contribution in [0.2, 0.25) is 0 Å². The van der Waals surface area contributed by atoms with Crippen LogP contribution in [0.5, 0.6) is 0 Å². The van der Waals surface area contributed by atoms with Gasteiger partial charge in [-0.15, -0.1) is 11.3 Å². The normalized spacial score (nSPS) is 16.9. The Labute approximate surface area is 166 Å². The maximum absolute atomic E-state index is 12.4. The smallest absolute Gasteiger partial charge is 0.322 e. The minimum Gasteiger partial charge on any atom is -0.463 e. The maximum atomic E-state index is 12.4. The Morgan fingerprint density at radius 1 is 1.32 bits per heavy atom. The number of hydrogen-bond acceptors (Lipinski definition) is 6. The van der Waals surface area contributed by atoms with Crippen molar-refractivity contribution in [3.8, 4) is 0 Å². The third-order valence-electron chi connectivity index (χ3n) is 4.30. The molecule has 142 valence electrons. The molecule has 28 heavy (non-hydrogen) atoms. The predicted octanol–water partition coefficient (Wildman–Crippen LogP) is 4.31. The van der Waals surface area contributed by atoms with Crippen LogP contribution in [0.15, 0.2) is 69.8 Å². The molecule has 0 saturated heterocycles. The van der Waals surface area contributed by atoms with E-state index in [1.807, 2.05) is 54.9 Å². The Kier molecular flexibility index (Phi) is 5.20. The second-order valence-electron chi connectivity index (χ2n) is 6.09. The zero-order valence-corrected chi connectivity index (χ0v) is 16.0. The van der Waals surface area contributed by atoms with Gasteiger partial charge in [0.25, 0.3) is 0 Å². The van der Waals surface area contributed by atoms with E-state index in [9.17, 15) is 4.79 Å². The SMILES string of the molecule is CCN1C=C(c2csc(N/N=C\c3ccco3)n2)[C@H](c2ccccc2)NC1=O. The predicted molar refractivity (Wildman–Crippen MR) is 110 cm³/mol. The number of anilines is 1. The summed E-state index contributed by atoms with van der Waals surface area (Å²) in [5.41, 5.74) is 5.67. The number of hydrazone groups is 1. The molecule has 0 bridgehead atoms. The standard InChI is InChI=1S/C20H19N5O2S/c1-2-25-12-16(18(23-20(25)26)14-7-4-3-5-8-14)17-13-28-19(22-17)24-21-11-15-9-6-10-27-15/h3-13,18H,2H2,1H3,(H,22,24)(H,23,26)/b21-11-/t18-/m0/s1. The highest BCUT2D eigenvalue weighted by Crippen LogP contribution is 2.34. The van der Waals surface area contributed by atoms with E-state index in [4.69, 9.17) is 4.42 Å². The highest BCUT2D eigenvalue weighted by molar-refractivity contribution is 7.13. The maximum Gasteiger partial charge on any atom is 0.322 e. The van der Waals surface area contributed by atoms with Crippen LogP contribution in [-0.2, 0) is 0 Å². The molecule has 0 unspecified atom stereocenters. The highest BCUT2D eigenvalue weighted by atomic mass is 32.1. The lowest BCUT2D eigenvalue weighted by atomic mass is 9.96. The zero-order chi connectivity index (χ0) is 19.3. The van der Waals surface area contributed by atoms with Crippen LogP contribution in [0.1, 0.15) is 30.0 Å². The minimum atomic E-state index is -0.252. The van der Waals surface area contributed by atoms with Crippen molar-refractivity contribution >= 4 is 34.3 Å². The molecule has 2 amide bonds. The Morgan fingerprint density at radius 3 is 2.93 bits per heavy atom. The molecule has 2 N–H and O–H groups in total. The van der Waals surface area contributed by atoms with E-state index in [0.29, 0.717) is 17.4 Å². The Bertz CT molecular complexity index is 995. The summed E-state index contributed by atoms with van der Waals surface area (Å²) in [6, 6.07) is 13.1. The van der Waals surface area contributed by atoms with E-state index in [0.717, 1.165) is 16.8 Å². The van der Waals surface area contributed by atoms with E-state index in [1.54, 1.807) is 23.4 Å². The number of benzene rings is 1. The number of urea groups is 1. The molecular weight excluding hydrogens is 374 g/mol. The van der Waals surface area contributed by atoms with Crippen LogP contribution < -0.4 is 10.7 Å². The van der Waals surface area contributed by atoms with Gasteiger partial charge in [0.1, 0.15) is 5.76 Å². The zero-order valence-electron chi connectivity index (χ0n) is 15.2. The second-order valence-corrected chi connectivity index (χ2v) is 6.95. The van der Waals surface area contributed by atoms with Crippen LogP contribution in [-0.4, -0.2) is 28.7 Å². The van der Waals surface area contributed by atoms with Crippen molar-refractivity contribution in [2.24, 2.45) is 5.10 Å². The third-order valence-corrected chi connectivity index (χ3v) is 5.05. The first-order valence-corrected chi connectivity index (χ1v) is 9.75. The highest BCUT2D eigenvalue weighted by Gasteiger charge is 2.29. The molecule has 0 radical (unpaired) electrons. The fourth-order valence-corrected chi connectivity index (χ4v) is 3.58. The number of nitrogens with zero attached hydrogens (tertiary/aromatic N) is 3. The van der Waals surface area contributed by atoms with Crippen molar-refractivity contribution < 1.29 is 9.21 Å². The van der Waals surface area contributed by atoms with Crippen molar-refractivity contribution in [2.75, 3.05) is 12.0 Å². The van der Waals surface area contributed by atoms with Gasteiger partial charge in [-0.2, -0.15) is 5.10 Å². The van der Waals surface area contributed by atoms with Gasteiger partial charge in [0, 0.05) is 23.7 Å². The summed E-state index contributed by atoms with van der Waals surface area (Å²) in [7, 11) is 0.